The Morgan fingerprint density at radius 1 is 1.00 bits per heavy atom. The first-order chi connectivity index (χ1) is 12.1. The van der Waals surface area contributed by atoms with Gasteiger partial charge in [-0.2, -0.15) is 0 Å². The van der Waals surface area contributed by atoms with Crippen molar-refractivity contribution < 1.29 is 13.2 Å². The molecular weight excluding hydrogens is 321 g/mol. The Hall–Kier alpha value is -2.47. The number of aryl methyl sites for hydroxylation is 1. The van der Waals surface area contributed by atoms with Crippen LogP contribution >= 0.6 is 0 Å². The molecule has 0 saturated carbocycles. The van der Waals surface area contributed by atoms with Gasteiger partial charge in [0.05, 0.1) is 5.56 Å². The number of fused-ring (bicyclic) bond motifs is 1. The van der Waals surface area contributed by atoms with Crippen LogP contribution in [0.1, 0.15) is 41.5 Å². The largest absolute Gasteiger partial charge is 0.206 e. The molecule has 3 rings (SSSR count). The number of halogens is 3. The lowest BCUT2D eigenvalue weighted by Crippen LogP contribution is -2.15. The van der Waals surface area contributed by atoms with Crippen LogP contribution in [0, 0.1) is 35.2 Å². The van der Waals surface area contributed by atoms with Crippen molar-refractivity contribution in [3.05, 3.63) is 82.7 Å². The fourth-order valence-electron chi connectivity index (χ4n) is 3.26. The first kappa shape index (κ1) is 17.4. The number of rotatable bonds is 3. The van der Waals surface area contributed by atoms with E-state index in [-0.39, 0.29) is 5.82 Å². The molecule has 2 aromatic rings. The molecule has 0 aromatic heterocycles. The van der Waals surface area contributed by atoms with Crippen LogP contribution in [0.4, 0.5) is 13.2 Å². The lowest BCUT2D eigenvalue weighted by atomic mass is 9.81. The van der Waals surface area contributed by atoms with Crippen LogP contribution in [0.2, 0.25) is 0 Å². The van der Waals surface area contributed by atoms with Crippen LogP contribution in [0.5, 0.6) is 0 Å². The summed E-state index contributed by atoms with van der Waals surface area (Å²) in [6.07, 6.45) is 6.88. The molecular formula is C22H19F3. The molecule has 0 fully saturated rings. The third-order valence-electron chi connectivity index (χ3n) is 4.66. The first-order valence-corrected chi connectivity index (χ1v) is 8.46. The summed E-state index contributed by atoms with van der Waals surface area (Å²) in [7, 11) is 0. The molecule has 25 heavy (non-hydrogen) atoms. The van der Waals surface area contributed by atoms with Gasteiger partial charge in [-0.3, -0.25) is 0 Å². The van der Waals surface area contributed by atoms with Crippen LogP contribution in [0.3, 0.4) is 0 Å². The van der Waals surface area contributed by atoms with Gasteiger partial charge in [-0.25, -0.2) is 13.2 Å². The molecule has 0 saturated heterocycles. The highest BCUT2D eigenvalue weighted by molar-refractivity contribution is 5.47. The predicted octanol–water partition coefficient (Wildman–Crippen LogP) is 5.57. The van der Waals surface area contributed by atoms with E-state index in [9.17, 15) is 13.2 Å². The summed E-state index contributed by atoms with van der Waals surface area (Å²) in [5, 5.41) is 0. The van der Waals surface area contributed by atoms with E-state index in [1.807, 2.05) is 6.08 Å². The molecule has 0 N–H and O–H groups in total. The van der Waals surface area contributed by atoms with E-state index in [1.54, 1.807) is 12.1 Å². The van der Waals surface area contributed by atoms with Crippen LogP contribution in [-0.2, 0) is 12.8 Å². The summed E-state index contributed by atoms with van der Waals surface area (Å²) >= 11 is 0. The summed E-state index contributed by atoms with van der Waals surface area (Å²) in [4.78, 5) is 0. The lowest BCUT2D eigenvalue weighted by molar-refractivity contribution is 0.429. The minimum absolute atomic E-state index is 0.299. The van der Waals surface area contributed by atoms with E-state index in [0.717, 1.165) is 55.4 Å². The molecule has 0 radical (unpaired) electrons. The number of hydrogen-bond donors (Lipinski definition) is 0. The number of hydrogen-bond acceptors (Lipinski definition) is 0. The predicted molar refractivity (Wildman–Crippen MR) is 93.7 cm³/mol. The van der Waals surface area contributed by atoms with Gasteiger partial charge in [0.1, 0.15) is 5.82 Å². The van der Waals surface area contributed by atoms with Crippen LogP contribution < -0.4 is 0 Å². The molecule has 3 heteroatoms. The van der Waals surface area contributed by atoms with Gasteiger partial charge in [0.25, 0.3) is 0 Å². The fourth-order valence-corrected chi connectivity index (χ4v) is 3.26. The molecule has 1 atom stereocenters. The second-order valence-corrected chi connectivity index (χ2v) is 6.45. The second kappa shape index (κ2) is 7.61. The lowest BCUT2D eigenvalue weighted by Gasteiger charge is -2.24. The maximum atomic E-state index is 14.4. The molecule has 1 aliphatic rings. The van der Waals surface area contributed by atoms with E-state index < -0.39 is 11.6 Å². The Morgan fingerprint density at radius 2 is 1.84 bits per heavy atom. The Balaban J connectivity index is 1.82. The Bertz CT molecular complexity index is 856. The van der Waals surface area contributed by atoms with Crippen molar-refractivity contribution in [3.8, 4) is 11.8 Å². The highest BCUT2D eigenvalue weighted by Crippen LogP contribution is 2.30. The smallest absolute Gasteiger partial charge is 0.160 e. The van der Waals surface area contributed by atoms with Crippen molar-refractivity contribution >= 4 is 0 Å². The maximum absolute atomic E-state index is 14.4. The van der Waals surface area contributed by atoms with Crippen molar-refractivity contribution in [2.45, 2.75) is 32.1 Å². The average molecular weight is 340 g/mol. The summed E-state index contributed by atoms with van der Waals surface area (Å²) in [6.45, 7) is 3.75. The average Bonchev–Trinajstić information content (AvgIpc) is 2.61. The number of allylic oxidation sites excluding steroid dienone is 1. The highest BCUT2D eigenvalue weighted by atomic mass is 19.2. The van der Waals surface area contributed by atoms with E-state index >= 15 is 0 Å². The minimum atomic E-state index is -0.955. The minimum Gasteiger partial charge on any atom is -0.206 e. The Kier molecular flexibility index (Phi) is 5.28. The monoisotopic (exact) mass is 340 g/mol. The topological polar surface area (TPSA) is 0 Å². The van der Waals surface area contributed by atoms with E-state index in [1.165, 1.54) is 6.07 Å². The third kappa shape index (κ3) is 4.14. The van der Waals surface area contributed by atoms with Crippen molar-refractivity contribution in [3.63, 3.8) is 0 Å². The third-order valence-corrected chi connectivity index (χ3v) is 4.66. The zero-order valence-electron chi connectivity index (χ0n) is 13.9. The van der Waals surface area contributed by atoms with E-state index in [0.29, 0.717) is 17.0 Å². The van der Waals surface area contributed by atoms with Gasteiger partial charge in [-0.05, 0) is 79.5 Å². The van der Waals surface area contributed by atoms with Crippen molar-refractivity contribution in [2.75, 3.05) is 0 Å². The molecule has 0 spiro atoms. The van der Waals surface area contributed by atoms with Gasteiger partial charge >= 0.3 is 0 Å². The summed E-state index contributed by atoms with van der Waals surface area (Å²) in [6, 6.07) is 6.78. The van der Waals surface area contributed by atoms with Gasteiger partial charge in [-0.15, -0.1) is 6.58 Å². The molecule has 1 aliphatic carbocycles. The SMILES string of the molecule is C=CCCC1CCc2cc(C#Cc3ccc(F)c(F)c3)c(F)cc2C1. The molecule has 128 valence electrons. The molecule has 0 bridgehead atoms. The van der Waals surface area contributed by atoms with Crippen LogP contribution in [0.25, 0.3) is 0 Å². The molecule has 0 aliphatic heterocycles. The van der Waals surface area contributed by atoms with E-state index in [4.69, 9.17) is 0 Å². The highest BCUT2D eigenvalue weighted by Gasteiger charge is 2.19. The van der Waals surface area contributed by atoms with Gasteiger partial charge in [0.15, 0.2) is 11.6 Å². The zero-order chi connectivity index (χ0) is 17.8. The van der Waals surface area contributed by atoms with Crippen LogP contribution in [-0.4, -0.2) is 0 Å². The van der Waals surface area contributed by atoms with Gasteiger partial charge in [0.2, 0.25) is 0 Å². The van der Waals surface area contributed by atoms with Crippen molar-refractivity contribution in [2.24, 2.45) is 5.92 Å². The molecule has 2 aromatic carbocycles. The Labute approximate surface area is 146 Å². The molecule has 0 heterocycles. The van der Waals surface area contributed by atoms with Gasteiger partial charge in [0, 0.05) is 5.56 Å². The summed E-state index contributed by atoms with van der Waals surface area (Å²) in [5.41, 5.74) is 2.80. The van der Waals surface area contributed by atoms with Crippen LogP contribution in [0.15, 0.2) is 43.0 Å². The number of benzene rings is 2. The summed E-state index contributed by atoms with van der Waals surface area (Å²) in [5.74, 6) is 3.78. The molecule has 1 unspecified atom stereocenters. The fraction of sp³-hybridized carbons (Fsp3) is 0.273. The molecule has 0 nitrogen and oxygen atoms in total. The maximum Gasteiger partial charge on any atom is 0.160 e. The van der Waals surface area contributed by atoms with Crippen molar-refractivity contribution in [1.82, 2.24) is 0 Å². The standard InChI is InChI=1S/C22H19F3/c1-2-3-4-15-5-8-17-13-18(21(24)14-19(17)11-15)9-6-16-7-10-20(23)22(25)12-16/h2,7,10,12-15H,1,3-5,8,11H2. The van der Waals surface area contributed by atoms with Crippen molar-refractivity contribution in [1.29, 1.82) is 0 Å². The van der Waals surface area contributed by atoms with Gasteiger partial charge in [-0.1, -0.05) is 17.9 Å². The normalized spacial score (nSPS) is 15.9. The second-order valence-electron chi connectivity index (χ2n) is 6.45. The zero-order valence-corrected chi connectivity index (χ0v) is 13.9. The van der Waals surface area contributed by atoms with E-state index in [2.05, 4.69) is 18.4 Å². The molecule has 0 amide bonds. The quantitative estimate of drug-likeness (QED) is 0.506. The summed E-state index contributed by atoms with van der Waals surface area (Å²) < 4.78 is 40.5. The first-order valence-electron chi connectivity index (χ1n) is 8.46. The Morgan fingerprint density at radius 3 is 2.60 bits per heavy atom. The van der Waals surface area contributed by atoms with Gasteiger partial charge < -0.3 is 0 Å².